The largest absolute Gasteiger partial charge is 0.416 e. The van der Waals surface area contributed by atoms with Gasteiger partial charge in [-0.2, -0.15) is 13.2 Å². The third-order valence-electron chi connectivity index (χ3n) is 4.18. The molecule has 26 heavy (non-hydrogen) atoms. The molecule has 0 aromatic heterocycles. The van der Waals surface area contributed by atoms with Gasteiger partial charge in [-0.15, -0.1) is 0 Å². The molecule has 0 aliphatic carbocycles. The molecule has 0 saturated heterocycles. The fourth-order valence-electron chi connectivity index (χ4n) is 2.78. The van der Waals surface area contributed by atoms with Gasteiger partial charge in [-0.1, -0.05) is 72.8 Å². The molecule has 0 fully saturated rings. The molecule has 0 heterocycles. The zero-order valence-corrected chi connectivity index (χ0v) is 14.2. The van der Waals surface area contributed by atoms with E-state index in [1.807, 2.05) is 67.6 Å². The Bertz CT molecular complexity index is 827. The Labute approximate surface area is 150 Å². The molecule has 0 spiro atoms. The van der Waals surface area contributed by atoms with Crippen molar-refractivity contribution in [2.24, 2.45) is 4.99 Å². The van der Waals surface area contributed by atoms with Crippen molar-refractivity contribution in [2.45, 2.75) is 19.1 Å². The van der Waals surface area contributed by atoms with E-state index >= 15 is 0 Å². The topological polar surface area (TPSA) is 12.4 Å². The van der Waals surface area contributed by atoms with Gasteiger partial charge in [-0.25, -0.2) is 0 Å². The maximum Gasteiger partial charge on any atom is 0.416 e. The fraction of sp³-hybridized carbons (Fsp3) is 0.136. The lowest BCUT2D eigenvalue weighted by molar-refractivity contribution is -0.137. The Balaban J connectivity index is 1.97. The van der Waals surface area contributed by atoms with E-state index in [1.54, 1.807) is 0 Å². The van der Waals surface area contributed by atoms with Crippen LogP contribution in [0.15, 0.2) is 89.9 Å². The molecule has 0 atom stereocenters. The van der Waals surface area contributed by atoms with Gasteiger partial charge in [0.15, 0.2) is 0 Å². The molecule has 3 rings (SSSR count). The van der Waals surface area contributed by atoms with Crippen molar-refractivity contribution < 1.29 is 13.2 Å². The summed E-state index contributed by atoms with van der Waals surface area (Å²) in [6.45, 7) is 1.82. The van der Waals surface area contributed by atoms with Crippen molar-refractivity contribution in [3.8, 4) is 0 Å². The average molecular weight is 353 g/mol. The fourth-order valence-corrected chi connectivity index (χ4v) is 2.78. The first-order valence-electron chi connectivity index (χ1n) is 8.27. The minimum atomic E-state index is -4.33. The molecule has 0 amide bonds. The van der Waals surface area contributed by atoms with Gasteiger partial charge in [0.25, 0.3) is 0 Å². The Morgan fingerprint density at radius 1 is 0.731 bits per heavy atom. The van der Waals surface area contributed by atoms with E-state index < -0.39 is 11.7 Å². The Morgan fingerprint density at radius 3 is 1.62 bits per heavy atom. The van der Waals surface area contributed by atoms with Crippen molar-refractivity contribution in [2.75, 3.05) is 0 Å². The summed E-state index contributed by atoms with van der Waals surface area (Å²) in [5.41, 5.74) is 2.78. The number of nitrogens with zero attached hydrogens (tertiary/aromatic N) is 1. The first kappa shape index (κ1) is 17.9. The molecule has 0 aliphatic heterocycles. The summed E-state index contributed by atoms with van der Waals surface area (Å²) >= 11 is 0. The third kappa shape index (κ3) is 4.20. The maximum absolute atomic E-state index is 12.7. The highest BCUT2D eigenvalue weighted by Crippen LogP contribution is 2.30. The van der Waals surface area contributed by atoms with E-state index in [-0.39, 0.29) is 6.04 Å². The van der Waals surface area contributed by atoms with Gasteiger partial charge in [0, 0.05) is 5.71 Å². The average Bonchev–Trinajstić information content (AvgIpc) is 2.67. The number of halogens is 3. The van der Waals surface area contributed by atoms with E-state index in [0.29, 0.717) is 11.3 Å². The summed E-state index contributed by atoms with van der Waals surface area (Å²) in [7, 11) is 0. The quantitative estimate of drug-likeness (QED) is 0.488. The molecular formula is C22H18F3N. The van der Waals surface area contributed by atoms with Crippen LogP contribution in [0, 0.1) is 0 Å². The number of alkyl halides is 3. The molecule has 132 valence electrons. The molecular weight excluding hydrogens is 335 g/mol. The van der Waals surface area contributed by atoms with Gasteiger partial charge in [-0.3, -0.25) is 4.99 Å². The van der Waals surface area contributed by atoms with Crippen LogP contribution in [0.4, 0.5) is 13.2 Å². The summed E-state index contributed by atoms with van der Waals surface area (Å²) in [6.07, 6.45) is -4.33. The van der Waals surface area contributed by atoms with E-state index in [9.17, 15) is 13.2 Å². The van der Waals surface area contributed by atoms with Crippen molar-refractivity contribution in [1.82, 2.24) is 0 Å². The van der Waals surface area contributed by atoms with Crippen LogP contribution >= 0.6 is 0 Å². The minimum absolute atomic E-state index is 0.209. The predicted octanol–water partition coefficient (Wildman–Crippen LogP) is 6.30. The van der Waals surface area contributed by atoms with Crippen LogP contribution in [0.25, 0.3) is 0 Å². The van der Waals surface area contributed by atoms with Crippen molar-refractivity contribution in [3.63, 3.8) is 0 Å². The van der Waals surface area contributed by atoms with Crippen LogP contribution in [0.3, 0.4) is 0 Å². The van der Waals surface area contributed by atoms with E-state index in [1.165, 1.54) is 12.1 Å². The van der Waals surface area contributed by atoms with Crippen molar-refractivity contribution in [1.29, 1.82) is 0 Å². The van der Waals surface area contributed by atoms with E-state index in [4.69, 9.17) is 4.99 Å². The standard InChI is InChI=1S/C22H18F3N/c1-16(17-12-14-20(15-13-17)22(23,24)25)26-21(18-8-4-2-5-9-18)19-10-6-3-7-11-19/h2-15,21H,1H3/b26-16+. The van der Waals surface area contributed by atoms with Gasteiger partial charge in [-0.05, 0) is 35.7 Å². The summed E-state index contributed by atoms with van der Waals surface area (Å²) in [5, 5.41) is 0. The minimum Gasteiger partial charge on any atom is -0.277 e. The molecule has 0 bridgehead atoms. The number of aliphatic imine (C=N–C) groups is 1. The molecule has 0 radical (unpaired) electrons. The van der Waals surface area contributed by atoms with Crippen LogP contribution in [0.5, 0.6) is 0 Å². The second-order valence-electron chi connectivity index (χ2n) is 6.01. The highest BCUT2D eigenvalue weighted by atomic mass is 19.4. The Morgan fingerprint density at radius 2 is 1.19 bits per heavy atom. The van der Waals surface area contributed by atoms with Gasteiger partial charge in [0.05, 0.1) is 5.56 Å². The van der Waals surface area contributed by atoms with Crippen LogP contribution in [0.2, 0.25) is 0 Å². The zero-order chi connectivity index (χ0) is 18.6. The summed E-state index contributed by atoms with van der Waals surface area (Å²) in [4.78, 5) is 4.81. The predicted molar refractivity (Wildman–Crippen MR) is 98.4 cm³/mol. The second kappa shape index (κ2) is 7.56. The smallest absolute Gasteiger partial charge is 0.277 e. The monoisotopic (exact) mass is 353 g/mol. The number of rotatable bonds is 4. The lowest BCUT2D eigenvalue weighted by Crippen LogP contribution is -2.06. The lowest BCUT2D eigenvalue weighted by atomic mass is 9.98. The van der Waals surface area contributed by atoms with E-state index in [2.05, 4.69) is 0 Å². The number of hydrogen-bond donors (Lipinski definition) is 0. The summed E-state index contributed by atoms with van der Waals surface area (Å²) in [5.74, 6) is 0. The molecule has 3 aromatic carbocycles. The van der Waals surface area contributed by atoms with Crippen molar-refractivity contribution >= 4 is 5.71 Å². The van der Waals surface area contributed by atoms with Crippen LogP contribution in [0.1, 0.15) is 35.2 Å². The second-order valence-corrected chi connectivity index (χ2v) is 6.01. The van der Waals surface area contributed by atoms with Crippen LogP contribution in [-0.4, -0.2) is 5.71 Å². The van der Waals surface area contributed by atoms with Gasteiger partial charge in [0.2, 0.25) is 0 Å². The molecule has 0 aliphatic rings. The van der Waals surface area contributed by atoms with Crippen LogP contribution < -0.4 is 0 Å². The van der Waals surface area contributed by atoms with E-state index in [0.717, 1.165) is 23.3 Å². The third-order valence-corrected chi connectivity index (χ3v) is 4.18. The van der Waals surface area contributed by atoms with Gasteiger partial charge >= 0.3 is 6.18 Å². The first-order chi connectivity index (χ1) is 12.4. The van der Waals surface area contributed by atoms with Crippen LogP contribution in [-0.2, 0) is 6.18 Å². The molecule has 1 nitrogen and oxygen atoms in total. The molecule has 3 aromatic rings. The lowest BCUT2D eigenvalue weighted by Gasteiger charge is -2.15. The Hall–Kier alpha value is -2.88. The summed E-state index contributed by atoms with van der Waals surface area (Å²) in [6, 6.07) is 24.6. The number of hydrogen-bond acceptors (Lipinski definition) is 1. The molecule has 4 heteroatoms. The highest BCUT2D eigenvalue weighted by molar-refractivity contribution is 5.99. The normalized spacial score (nSPS) is 12.4. The molecule has 0 N–H and O–H groups in total. The SMILES string of the molecule is C/C(=N\C(c1ccccc1)c1ccccc1)c1ccc(C(F)(F)F)cc1. The maximum atomic E-state index is 12.7. The zero-order valence-electron chi connectivity index (χ0n) is 14.2. The number of benzene rings is 3. The Kier molecular flexibility index (Phi) is 5.21. The van der Waals surface area contributed by atoms with Gasteiger partial charge < -0.3 is 0 Å². The molecule has 0 saturated carbocycles. The first-order valence-corrected chi connectivity index (χ1v) is 8.27. The van der Waals surface area contributed by atoms with Crippen molar-refractivity contribution in [3.05, 3.63) is 107 Å². The molecule has 0 unspecified atom stereocenters. The van der Waals surface area contributed by atoms with Gasteiger partial charge in [0.1, 0.15) is 6.04 Å². The highest BCUT2D eigenvalue weighted by Gasteiger charge is 2.30. The summed E-state index contributed by atoms with van der Waals surface area (Å²) < 4.78 is 38.2.